The smallest absolute Gasteiger partial charge is 0.264 e. The average molecular weight is 512 g/mol. The van der Waals surface area contributed by atoms with Gasteiger partial charge in [-0.1, -0.05) is 54.1 Å². The van der Waals surface area contributed by atoms with Crippen LogP contribution in [0.15, 0.2) is 83.8 Å². The highest BCUT2D eigenvalue weighted by Crippen LogP contribution is 2.30. The molecule has 0 saturated carbocycles. The van der Waals surface area contributed by atoms with Crippen molar-refractivity contribution in [1.82, 2.24) is 5.32 Å². The lowest BCUT2D eigenvalue weighted by molar-refractivity contribution is -0.120. The second kappa shape index (κ2) is 11.1. The van der Waals surface area contributed by atoms with Crippen molar-refractivity contribution in [2.24, 2.45) is 0 Å². The molecule has 1 N–H and O–H groups in total. The van der Waals surface area contributed by atoms with Crippen LogP contribution in [0.3, 0.4) is 0 Å². The SMILES string of the molecule is CC(NC(=O)CN(c1ccccc1Cl)S(=O)(=O)c1ccccc1)c1ccc(N2CCCCC2)cc1. The minimum Gasteiger partial charge on any atom is -0.372 e. The zero-order valence-electron chi connectivity index (χ0n) is 19.7. The van der Waals surface area contributed by atoms with Gasteiger partial charge in [0, 0.05) is 18.8 Å². The first-order valence-electron chi connectivity index (χ1n) is 11.8. The fourth-order valence-corrected chi connectivity index (χ4v) is 6.05. The minimum atomic E-state index is -4.01. The molecule has 35 heavy (non-hydrogen) atoms. The molecule has 0 aromatic heterocycles. The maximum Gasteiger partial charge on any atom is 0.264 e. The molecule has 1 atom stereocenters. The monoisotopic (exact) mass is 511 g/mol. The molecule has 3 aromatic carbocycles. The van der Waals surface area contributed by atoms with Crippen LogP contribution in [-0.2, 0) is 14.8 Å². The van der Waals surface area contributed by atoms with Crippen molar-refractivity contribution >= 4 is 38.9 Å². The standard InChI is InChI=1S/C27H30ClN3O3S/c1-21(22-14-16-23(17-15-22)30-18-8-3-9-19-30)29-27(32)20-31(26-13-7-6-12-25(26)28)35(33,34)24-10-4-2-5-11-24/h2,4-7,10-17,21H,3,8-9,18-20H2,1H3,(H,29,32). The van der Waals surface area contributed by atoms with Crippen LogP contribution in [0.5, 0.6) is 0 Å². The zero-order chi connectivity index (χ0) is 24.8. The van der Waals surface area contributed by atoms with E-state index in [2.05, 4.69) is 22.3 Å². The van der Waals surface area contributed by atoms with E-state index in [1.54, 1.807) is 42.5 Å². The molecule has 8 heteroatoms. The number of benzene rings is 3. The van der Waals surface area contributed by atoms with Crippen molar-refractivity contribution < 1.29 is 13.2 Å². The molecule has 0 aliphatic carbocycles. The molecule has 0 radical (unpaired) electrons. The van der Waals surface area contributed by atoms with Gasteiger partial charge in [-0.05, 0) is 68.1 Å². The van der Waals surface area contributed by atoms with Crippen LogP contribution in [0.4, 0.5) is 11.4 Å². The van der Waals surface area contributed by atoms with E-state index in [9.17, 15) is 13.2 Å². The fraction of sp³-hybridized carbons (Fsp3) is 0.296. The third-order valence-electron chi connectivity index (χ3n) is 6.23. The summed E-state index contributed by atoms with van der Waals surface area (Å²) in [4.78, 5) is 15.5. The maximum atomic E-state index is 13.4. The van der Waals surface area contributed by atoms with Crippen LogP contribution in [0.25, 0.3) is 0 Å². The summed E-state index contributed by atoms with van der Waals surface area (Å²) in [6.07, 6.45) is 3.70. The normalized spacial score (nSPS) is 14.9. The van der Waals surface area contributed by atoms with Crippen LogP contribution in [-0.4, -0.2) is 34.0 Å². The van der Waals surface area contributed by atoms with Gasteiger partial charge in [0.15, 0.2) is 0 Å². The molecule has 0 spiro atoms. The number of rotatable bonds is 8. The molecule has 1 heterocycles. The van der Waals surface area contributed by atoms with Crippen molar-refractivity contribution in [3.05, 3.63) is 89.4 Å². The Bertz CT molecular complexity index is 1240. The van der Waals surface area contributed by atoms with E-state index in [0.717, 1.165) is 23.0 Å². The van der Waals surface area contributed by atoms with Crippen molar-refractivity contribution in [2.75, 3.05) is 28.8 Å². The maximum absolute atomic E-state index is 13.4. The molecule has 1 saturated heterocycles. The zero-order valence-corrected chi connectivity index (χ0v) is 21.3. The Morgan fingerprint density at radius 3 is 2.23 bits per heavy atom. The summed E-state index contributed by atoms with van der Waals surface area (Å²) in [7, 11) is -4.01. The second-order valence-electron chi connectivity index (χ2n) is 8.70. The highest BCUT2D eigenvalue weighted by atomic mass is 35.5. The van der Waals surface area contributed by atoms with Crippen LogP contribution >= 0.6 is 11.6 Å². The van der Waals surface area contributed by atoms with Gasteiger partial charge in [-0.2, -0.15) is 0 Å². The third kappa shape index (κ3) is 5.97. The van der Waals surface area contributed by atoms with E-state index < -0.39 is 22.5 Å². The first kappa shape index (κ1) is 25.1. The molecule has 4 rings (SSSR count). The van der Waals surface area contributed by atoms with Crippen LogP contribution in [0.2, 0.25) is 5.02 Å². The number of carbonyl (C=O) groups is 1. The number of hydrogen-bond acceptors (Lipinski definition) is 4. The number of piperidine rings is 1. The Morgan fingerprint density at radius 2 is 1.57 bits per heavy atom. The average Bonchev–Trinajstić information content (AvgIpc) is 2.89. The van der Waals surface area contributed by atoms with Gasteiger partial charge in [0.05, 0.1) is 21.6 Å². The van der Waals surface area contributed by atoms with Gasteiger partial charge in [0.2, 0.25) is 5.91 Å². The highest BCUT2D eigenvalue weighted by Gasteiger charge is 2.29. The van der Waals surface area contributed by atoms with Crippen molar-refractivity contribution in [2.45, 2.75) is 37.1 Å². The molecular weight excluding hydrogens is 482 g/mol. The van der Waals surface area contributed by atoms with Crippen LogP contribution in [0, 0.1) is 0 Å². The fourth-order valence-electron chi connectivity index (χ4n) is 4.30. The topological polar surface area (TPSA) is 69.7 Å². The Morgan fingerprint density at radius 1 is 0.943 bits per heavy atom. The molecule has 6 nitrogen and oxygen atoms in total. The molecule has 184 valence electrons. The minimum absolute atomic E-state index is 0.0917. The first-order chi connectivity index (χ1) is 16.9. The summed E-state index contributed by atoms with van der Waals surface area (Å²) in [5, 5.41) is 3.19. The number of nitrogens with zero attached hydrogens (tertiary/aromatic N) is 2. The Balaban J connectivity index is 1.50. The van der Waals surface area contributed by atoms with Gasteiger partial charge in [0.1, 0.15) is 6.54 Å². The number of anilines is 2. The molecule has 1 fully saturated rings. The first-order valence-corrected chi connectivity index (χ1v) is 13.6. The van der Waals surface area contributed by atoms with Gasteiger partial charge < -0.3 is 10.2 Å². The van der Waals surface area contributed by atoms with Gasteiger partial charge in [-0.3, -0.25) is 9.10 Å². The van der Waals surface area contributed by atoms with E-state index >= 15 is 0 Å². The summed E-state index contributed by atoms with van der Waals surface area (Å²) in [6.45, 7) is 3.63. The van der Waals surface area contributed by atoms with Crippen molar-refractivity contribution in [3.8, 4) is 0 Å². The van der Waals surface area contributed by atoms with Gasteiger partial charge >= 0.3 is 0 Å². The largest absolute Gasteiger partial charge is 0.372 e. The number of sulfonamides is 1. The highest BCUT2D eigenvalue weighted by molar-refractivity contribution is 7.92. The summed E-state index contributed by atoms with van der Waals surface area (Å²) in [6, 6.07) is 22.6. The van der Waals surface area contributed by atoms with E-state index in [-0.39, 0.29) is 21.6 Å². The van der Waals surface area contributed by atoms with Crippen LogP contribution < -0.4 is 14.5 Å². The van der Waals surface area contributed by atoms with Gasteiger partial charge in [0.25, 0.3) is 10.0 Å². The number of para-hydroxylation sites is 1. The summed E-state index contributed by atoms with van der Waals surface area (Å²) < 4.78 is 28.0. The lowest BCUT2D eigenvalue weighted by Crippen LogP contribution is -2.41. The van der Waals surface area contributed by atoms with Crippen molar-refractivity contribution in [1.29, 1.82) is 0 Å². The Kier molecular flexibility index (Phi) is 7.98. The summed E-state index contributed by atoms with van der Waals surface area (Å²) >= 11 is 6.33. The van der Waals surface area contributed by atoms with Crippen molar-refractivity contribution in [3.63, 3.8) is 0 Å². The Labute approximate surface area is 212 Å². The molecule has 1 aliphatic rings. The summed E-state index contributed by atoms with van der Waals surface area (Å²) in [5.41, 5.74) is 2.40. The number of hydrogen-bond donors (Lipinski definition) is 1. The van der Waals surface area contributed by atoms with E-state index in [4.69, 9.17) is 11.6 Å². The molecule has 3 aromatic rings. The van der Waals surface area contributed by atoms with Gasteiger partial charge in [-0.15, -0.1) is 0 Å². The molecule has 0 bridgehead atoms. The molecule has 1 unspecified atom stereocenters. The third-order valence-corrected chi connectivity index (χ3v) is 8.32. The predicted octanol–water partition coefficient (Wildman–Crippen LogP) is 5.40. The number of nitrogens with one attached hydrogen (secondary N) is 1. The van der Waals surface area contributed by atoms with E-state index in [1.165, 1.54) is 37.1 Å². The van der Waals surface area contributed by atoms with E-state index in [1.807, 2.05) is 19.1 Å². The quantitative estimate of drug-likeness (QED) is 0.439. The Hall–Kier alpha value is -3.03. The lowest BCUT2D eigenvalue weighted by atomic mass is 10.1. The van der Waals surface area contributed by atoms with E-state index in [0.29, 0.717) is 0 Å². The lowest BCUT2D eigenvalue weighted by Gasteiger charge is -2.29. The molecule has 1 aliphatic heterocycles. The molecule has 1 amide bonds. The van der Waals surface area contributed by atoms with Gasteiger partial charge in [-0.25, -0.2) is 8.42 Å². The summed E-state index contributed by atoms with van der Waals surface area (Å²) in [5.74, 6) is -0.419. The number of carbonyl (C=O) groups excluding carboxylic acids is 1. The second-order valence-corrected chi connectivity index (χ2v) is 11.0. The van der Waals surface area contributed by atoms with Crippen LogP contribution in [0.1, 0.15) is 37.8 Å². The number of halogens is 1. The number of amides is 1. The predicted molar refractivity (Wildman–Crippen MR) is 141 cm³/mol. The molecular formula is C27H30ClN3O3S.